The van der Waals surface area contributed by atoms with Crippen molar-refractivity contribution in [3.63, 3.8) is 0 Å². The predicted molar refractivity (Wildman–Crippen MR) is 68.9 cm³/mol. The molecule has 2 aromatic rings. The molecule has 108 valence electrons. The van der Waals surface area contributed by atoms with Gasteiger partial charge in [0.25, 0.3) is 0 Å². The molecule has 0 aliphatic rings. The number of nitrogens with two attached hydrogens (primary N) is 1. The summed E-state index contributed by atoms with van der Waals surface area (Å²) in [6.07, 6.45) is -4.52. The maximum Gasteiger partial charge on any atom is 0.419 e. The zero-order valence-electron chi connectivity index (χ0n) is 10.5. The van der Waals surface area contributed by atoms with Gasteiger partial charge in [0, 0.05) is 29.1 Å². The quantitative estimate of drug-likeness (QED) is 0.875. The van der Waals surface area contributed by atoms with E-state index in [9.17, 15) is 17.6 Å². The Kier molecular flexibility index (Phi) is 4.10. The topological polar surface area (TPSA) is 38.9 Å². The van der Waals surface area contributed by atoms with E-state index in [4.69, 9.17) is 5.73 Å². The minimum absolute atomic E-state index is 0.146. The summed E-state index contributed by atoms with van der Waals surface area (Å²) in [7, 11) is 0. The SMILES string of the molecule is Cc1csc(CC(N)c2cccc(C(F)(F)F)c2F)n1. The molecule has 1 aromatic heterocycles. The first-order valence-corrected chi connectivity index (χ1v) is 6.69. The Morgan fingerprint density at radius 3 is 2.60 bits per heavy atom. The van der Waals surface area contributed by atoms with Crippen LogP contribution in [-0.4, -0.2) is 4.98 Å². The Bertz CT molecular complexity index is 607. The Labute approximate surface area is 117 Å². The first-order valence-electron chi connectivity index (χ1n) is 5.81. The number of hydrogen-bond acceptors (Lipinski definition) is 3. The summed E-state index contributed by atoms with van der Waals surface area (Å²) < 4.78 is 51.8. The molecule has 0 saturated heterocycles. The Morgan fingerprint density at radius 1 is 1.35 bits per heavy atom. The smallest absolute Gasteiger partial charge is 0.324 e. The van der Waals surface area contributed by atoms with Gasteiger partial charge in [-0.2, -0.15) is 13.2 Å². The zero-order valence-corrected chi connectivity index (χ0v) is 11.4. The monoisotopic (exact) mass is 304 g/mol. The van der Waals surface area contributed by atoms with Crippen LogP contribution < -0.4 is 5.73 Å². The number of nitrogens with zero attached hydrogens (tertiary/aromatic N) is 1. The van der Waals surface area contributed by atoms with Crippen molar-refractivity contribution < 1.29 is 17.6 Å². The van der Waals surface area contributed by atoms with Gasteiger partial charge in [-0.1, -0.05) is 12.1 Å². The normalized spacial score (nSPS) is 13.5. The predicted octanol–water partition coefficient (Wildman–Crippen LogP) is 3.85. The van der Waals surface area contributed by atoms with Crippen LogP contribution in [0.15, 0.2) is 23.6 Å². The molecule has 0 fully saturated rings. The van der Waals surface area contributed by atoms with Crippen molar-refractivity contribution in [1.82, 2.24) is 4.98 Å². The fourth-order valence-corrected chi connectivity index (χ4v) is 2.68. The van der Waals surface area contributed by atoms with Crippen LogP contribution >= 0.6 is 11.3 Å². The highest BCUT2D eigenvalue weighted by Gasteiger charge is 2.35. The summed E-state index contributed by atoms with van der Waals surface area (Å²) in [5.74, 6) is -1.30. The van der Waals surface area contributed by atoms with Crippen LogP contribution in [0.3, 0.4) is 0 Å². The lowest BCUT2D eigenvalue weighted by molar-refractivity contribution is -0.140. The van der Waals surface area contributed by atoms with Crippen molar-refractivity contribution in [3.05, 3.63) is 51.2 Å². The van der Waals surface area contributed by atoms with E-state index in [0.29, 0.717) is 11.1 Å². The van der Waals surface area contributed by atoms with Crippen LogP contribution in [0.25, 0.3) is 0 Å². The molecule has 1 atom stereocenters. The van der Waals surface area contributed by atoms with Crippen molar-refractivity contribution in [2.75, 3.05) is 0 Å². The van der Waals surface area contributed by atoms with E-state index >= 15 is 0 Å². The average molecular weight is 304 g/mol. The van der Waals surface area contributed by atoms with Crippen molar-refractivity contribution in [2.24, 2.45) is 5.73 Å². The number of halogens is 4. The van der Waals surface area contributed by atoms with Crippen molar-refractivity contribution in [3.8, 4) is 0 Å². The molecule has 1 aromatic carbocycles. The van der Waals surface area contributed by atoms with Gasteiger partial charge in [-0.05, 0) is 13.0 Å². The summed E-state index contributed by atoms with van der Waals surface area (Å²) in [5.41, 5.74) is 5.18. The molecule has 1 heterocycles. The van der Waals surface area contributed by atoms with Gasteiger partial charge in [-0.3, -0.25) is 0 Å². The zero-order chi connectivity index (χ0) is 14.9. The molecule has 0 aliphatic carbocycles. The van der Waals surface area contributed by atoms with Gasteiger partial charge in [0.05, 0.1) is 10.6 Å². The number of aryl methyl sites for hydroxylation is 1. The lowest BCUT2D eigenvalue weighted by Crippen LogP contribution is -2.18. The molecule has 0 aliphatic heterocycles. The Morgan fingerprint density at radius 2 is 2.05 bits per heavy atom. The molecule has 2 nitrogen and oxygen atoms in total. The molecule has 7 heteroatoms. The molecule has 2 rings (SSSR count). The molecule has 2 N–H and O–H groups in total. The maximum absolute atomic E-state index is 13.9. The van der Waals surface area contributed by atoms with Crippen molar-refractivity contribution >= 4 is 11.3 Å². The Hall–Kier alpha value is -1.47. The second-order valence-electron chi connectivity index (χ2n) is 4.40. The van der Waals surface area contributed by atoms with E-state index < -0.39 is 23.6 Å². The summed E-state index contributed by atoms with van der Waals surface area (Å²) >= 11 is 1.35. The van der Waals surface area contributed by atoms with Gasteiger partial charge in [-0.25, -0.2) is 9.37 Å². The van der Waals surface area contributed by atoms with Crippen LogP contribution in [0.2, 0.25) is 0 Å². The van der Waals surface area contributed by atoms with Gasteiger partial charge in [0.1, 0.15) is 5.82 Å². The lowest BCUT2D eigenvalue weighted by Gasteiger charge is -2.15. The number of rotatable bonds is 3. The van der Waals surface area contributed by atoms with Gasteiger partial charge >= 0.3 is 6.18 Å². The number of alkyl halides is 3. The first kappa shape index (κ1) is 14.9. The van der Waals surface area contributed by atoms with Gasteiger partial charge < -0.3 is 5.73 Å². The number of aromatic nitrogens is 1. The molecule has 1 unspecified atom stereocenters. The highest BCUT2D eigenvalue weighted by atomic mass is 32.1. The minimum Gasteiger partial charge on any atom is -0.324 e. The van der Waals surface area contributed by atoms with E-state index in [0.717, 1.165) is 11.8 Å². The fourth-order valence-electron chi connectivity index (χ4n) is 1.85. The standard InChI is InChI=1S/C13H12F4N2S/c1-7-6-20-11(19-7)5-10(18)8-3-2-4-9(12(8)14)13(15,16)17/h2-4,6,10H,5,18H2,1H3. The summed E-state index contributed by atoms with van der Waals surface area (Å²) in [6, 6.07) is 2.28. The van der Waals surface area contributed by atoms with Crippen LogP contribution in [0.1, 0.15) is 27.9 Å². The third-order valence-electron chi connectivity index (χ3n) is 2.79. The Balaban J connectivity index is 2.28. The first-order chi connectivity index (χ1) is 9.29. The molecular weight excluding hydrogens is 292 g/mol. The average Bonchev–Trinajstić information content (AvgIpc) is 2.73. The second-order valence-corrected chi connectivity index (χ2v) is 5.34. The molecule has 0 spiro atoms. The summed E-state index contributed by atoms with van der Waals surface area (Å²) in [5, 5.41) is 2.48. The highest BCUT2D eigenvalue weighted by Crippen LogP contribution is 2.34. The largest absolute Gasteiger partial charge is 0.419 e. The molecule has 0 radical (unpaired) electrons. The number of benzene rings is 1. The van der Waals surface area contributed by atoms with E-state index in [-0.39, 0.29) is 12.0 Å². The fraction of sp³-hybridized carbons (Fsp3) is 0.308. The van der Waals surface area contributed by atoms with Crippen LogP contribution in [0.4, 0.5) is 17.6 Å². The van der Waals surface area contributed by atoms with E-state index in [1.807, 2.05) is 5.38 Å². The molecule has 0 saturated carbocycles. The number of thiazole rings is 1. The second kappa shape index (κ2) is 5.49. The summed E-state index contributed by atoms with van der Waals surface area (Å²) in [6.45, 7) is 1.80. The minimum atomic E-state index is -4.72. The van der Waals surface area contributed by atoms with Crippen molar-refractivity contribution in [1.29, 1.82) is 0 Å². The van der Waals surface area contributed by atoms with Crippen LogP contribution in [0.5, 0.6) is 0 Å². The lowest BCUT2D eigenvalue weighted by atomic mass is 10.0. The van der Waals surface area contributed by atoms with Gasteiger partial charge in [-0.15, -0.1) is 11.3 Å². The van der Waals surface area contributed by atoms with Crippen molar-refractivity contribution in [2.45, 2.75) is 25.6 Å². The van der Waals surface area contributed by atoms with E-state index in [2.05, 4.69) is 4.98 Å². The molecule has 20 heavy (non-hydrogen) atoms. The van der Waals surface area contributed by atoms with Gasteiger partial charge in [0.2, 0.25) is 0 Å². The third kappa shape index (κ3) is 3.16. The van der Waals surface area contributed by atoms with Gasteiger partial charge in [0.15, 0.2) is 0 Å². The highest BCUT2D eigenvalue weighted by molar-refractivity contribution is 7.09. The third-order valence-corrected chi connectivity index (χ3v) is 3.78. The van der Waals surface area contributed by atoms with E-state index in [1.165, 1.54) is 17.4 Å². The summed E-state index contributed by atoms with van der Waals surface area (Å²) in [4.78, 5) is 4.17. The van der Waals surface area contributed by atoms with Crippen LogP contribution in [-0.2, 0) is 12.6 Å². The molecule has 0 bridgehead atoms. The number of hydrogen-bond donors (Lipinski definition) is 1. The molecule has 0 amide bonds. The maximum atomic E-state index is 13.9. The van der Waals surface area contributed by atoms with E-state index in [1.54, 1.807) is 6.92 Å². The molecular formula is C13H12F4N2S. The van der Waals surface area contributed by atoms with Crippen LogP contribution in [0, 0.1) is 12.7 Å².